The van der Waals surface area contributed by atoms with Gasteiger partial charge in [0.2, 0.25) is 11.8 Å². The van der Waals surface area contributed by atoms with Gasteiger partial charge in [-0.2, -0.15) is 0 Å². The number of hydrogen-bond donors (Lipinski definition) is 2. The molecule has 6 nitrogen and oxygen atoms in total. The Balaban J connectivity index is 1.78. The first-order valence-corrected chi connectivity index (χ1v) is 8.28. The van der Waals surface area contributed by atoms with Crippen LogP contribution in [0.4, 0.5) is 0 Å². The van der Waals surface area contributed by atoms with E-state index in [-0.39, 0.29) is 11.8 Å². The van der Waals surface area contributed by atoms with Gasteiger partial charge >= 0.3 is 0 Å². The molecular formula is C20H19N3O3. The van der Waals surface area contributed by atoms with Crippen LogP contribution in [-0.2, 0) is 4.79 Å². The van der Waals surface area contributed by atoms with Gasteiger partial charge in [-0.1, -0.05) is 42.5 Å². The van der Waals surface area contributed by atoms with Crippen molar-refractivity contribution in [2.24, 2.45) is 0 Å². The van der Waals surface area contributed by atoms with Crippen molar-refractivity contribution < 1.29 is 14.0 Å². The zero-order valence-corrected chi connectivity index (χ0v) is 14.4. The van der Waals surface area contributed by atoms with Gasteiger partial charge in [-0.3, -0.25) is 9.59 Å². The fourth-order valence-corrected chi connectivity index (χ4v) is 2.51. The number of amides is 2. The third-order valence-electron chi connectivity index (χ3n) is 3.75. The highest BCUT2D eigenvalue weighted by atomic mass is 16.4. The molecule has 0 saturated carbocycles. The molecular weight excluding hydrogens is 330 g/mol. The molecule has 0 unspecified atom stereocenters. The largest absolute Gasteiger partial charge is 0.436 e. The molecule has 2 amide bonds. The van der Waals surface area contributed by atoms with Crippen molar-refractivity contribution in [3.8, 4) is 22.8 Å². The van der Waals surface area contributed by atoms with E-state index in [2.05, 4.69) is 15.6 Å². The monoisotopic (exact) mass is 349 g/mol. The summed E-state index contributed by atoms with van der Waals surface area (Å²) in [6, 6.07) is 16.8. The molecule has 0 bridgehead atoms. The molecule has 3 aromatic rings. The van der Waals surface area contributed by atoms with Crippen molar-refractivity contribution in [1.29, 1.82) is 0 Å². The van der Waals surface area contributed by atoms with Crippen LogP contribution in [0.15, 0.2) is 65.2 Å². The van der Waals surface area contributed by atoms with Crippen LogP contribution < -0.4 is 10.6 Å². The van der Waals surface area contributed by atoms with Gasteiger partial charge in [0.25, 0.3) is 5.91 Å². The first-order chi connectivity index (χ1) is 12.6. The first-order valence-electron chi connectivity index (χ1n) is 8.28. The quantitative estimate of drug-likeness (QED) is 0.670. The van der Waals surface area contributed by atoms with Crippen LogP contribution in [-0.4, -0.2) is 29.9 Å². The third kappa shape index (κ3) is 4.16. The number of carbonyl (C=O) groups is 2. The smallest absolute Gasteiger partial charge is 0.252 e. The predicted octanol–water partition coefficient (Wildman–Crippen LogP) is 2.87. The SMILES string of the molecule is CC(=O)NCCNC(=O)c1ccccc1-c1ncc(-c2ccccc2)o1. The Labute approximate surface area is 151 Å². The average Bonchev–Trinajstić information content (AvgIpc) is 3.16. The second-order valence-corrected chi connectivity index (χ2v) is 5.68. The lowest BCUT2D eigenvalue weighted by atomic mass is 10.1. The fraction of sp³-hybridized carbons (Fsp3) is 0.150. The molecule has 1 aromatic heterocycles. The summed E-state index contributed by atoms with van der Waals surface area (Å²) in [5, 5.41) is 5.42. The summed E-state index contributed by atoms with van der Waals surface area (Å²) >= 11 is 0. The van der Waals surface area contributed by atoms with Gasteiger partial charge in [0, 0.05) is 31.1 Å². The van der Waals surface area contributed by atoms with Crippen LogP contribution >= 0.6 is 0 Å². The minimum absolute atomic E-state index is 0.132. The predicted molar refractivity (Wildman–Crippen MR) is 98.4 cm³/mol. The lowest BCUT2D eigenvalue weighted by Crippen LogP contribution is -2.33. The van der Waals surface area contributed by atoms with Gasteiger partial charge in [0.05, 0.1) is 11.8 Å². The molecule has 6 heteroatoms. The second-order valence-electron chi connectivity index (χ2n) is 5.68. The van der Waals surface area contributed by atoms with Gasteiger partial charge in [0.15, 0.2) is 5.76 Å². The van der Waals surface area contributed by atoms with Crippen LogP contribution in [0, 0.1) is 0 Å². The summed E-state index contributed by atoms with van der Waals surface area (Å²) in [6.45, 7) is 2.15. The third-order valence-corrected chi connectivity index (χ3v) is 3.75. The van der Waals surface area contributed by atoms with Gasteiger partial charge in [-0.15, -0.1) is 0 Å². The zero-order chi connectivity index (χ0) is 18.4. The molecule has 0 atom stereocenters. The molecule has 1 heterocycles. The van der Waals surface area contributed by atoms with Crippen molar-refractivity contribution in [3.05, 3.63) is 66.4 Å². The molecule has 2 aromatic carbocycles. The van der Waals surface area contributed by atoms with Crippen LogP contribution in [0.3, 0.4) is 0 Å². The lowest BCUT2D eigenvalue weighted by molar-refractivity contribution is -0.118. The summed E-state index contributed by atoms with van der Waals surface area (Å²) in [5.74, 6) is 0.649. The maximum Gasteiger partial charge on any atom is 0.252 e. The summed E-state index contributed by atoms with van der Waals surface area (Å²) < 4.78 is 5.86. The lowest BCUT2D eigenvalue weighted by Gasteiger charge is -2.08. The fourth-order valence-electron chi connectivity index (χ4n) is 2.51. The summed E-state index contributed by atoms with van der Waals surface area (Å²) in [4.78, 5) is 27.7. The molecule has 0 spiro atoms. The molecule has 0 fully saturated rings. The summed E-state index contributed by atoms with van der Waals surface area (Å²) in [7, 11) is 0. The van der Waals surface area contributed by atoms with Crippen molar-refractivity contribution in [2.75, 3.05) is 13.1 Å². The van der Waals surface area contributed by atoms with Gasteiger partial charge < -0.3 is 15.1 Å². The average molecular weight is 349 g/mol. The number of nitrogens with zero attached hydrogens (tertiary/aromatic N) is 1. The van der Waals surface area contributed by atoms with Gasteiger partial charge in [-0.25, -0.2) is 4.98 Å². The highest BCUT2D eigenvalue weighted by molar-refractivity contribution is 6.00. The van der Waals surface area contributed by atoms with E-state index in [9.17, 15) is 9.59 Å². The van der Waals surface area contributed by atoms with E-state index in [0.717, 1.165) is 5.56 Å². The molecule has 132 valence electrons. The molecule has 2 N–H and O–H groups in total. The van der Waals surface area contributed by atoms with Crippen LogP contribution in [0.5, 0.6) is 0 Å². The maximum absolute atomic E-state index is 12.5. The topological polar surface area (TPSA) is 84.2 Å². The molecule has 0 saturated heterocycles. The maximum atomic E-state index is 12.5. The molecule has 3 rings (SSSR count). The van der Waals surface area contributed by atoms with Crippen molar-refractivity contribution in [2.45, 2.75) is 6.92 Å². The van der Waals surface area contributed by atoms with E-state index in [1.807, 2.05) is 36.4 Å². The molecule has 0 radical (unpaired) electrons. The summed E-state index contributed by atoms with van der Waals surface area (Å²) in [5.41, 5.74) is 2.01. The number of benzene rings is 2. The first kappa shape index (κ1) is 17.4. The van der Waals surface area contributed by atoms with Crippen molar-refractivity contribution >= 4 is 11.8 Å². The second kappa shape index (κ2) is 8.11. The molecule has 0 aliphatic carbocycles. The van der Waals surface area contributed by atoms with Crippen molar-refractivity contribution in [1.82, 2.24) is 15.6 Å². The highest BCUT2D eigenvalue weighted by Crippen LogP contribution is 2.28. The Morgan fingerprint density at radius 1 is 0.962 bits per heavy atom. The van der Waals surface area contributed by atoms with E-state index in [4.69, 9.17) is 4.42 Å². The standard InChI is InChI=1S/C20H19N3O3/c1-14(24)21-11-12-22-19(25)16-9-5-6-10-17(16)20-23-13-18(26-20)15-7-3-2-4-8-15/h2-10,13H,11-12H2,1H3,(H,21,24)(H,22,25). The van der Waals surface area contributed by atoms with E-state index in [0.29, 0.717) is 35.9 Å². The number of hydrogen-bond acceptors (Lipinski definition) is 4. The molecule has 26 heavy (non-hydrogen) atoms. The van der Waals surface area contributed by atoms with E-state index in [1.54, 1.807) is 24.4 Å². The van der Waals surface area contributed by atoms with E-state index < -0.39 is 0 Å². The van der Waals surface area contributed by atoms with Crippen LogP contribution in [0.1, 0.15) is 17.3 Å². The zero-order valence-electron chi connectivity index (χ0n) is 14.4. The molecule has 0 aliphatic rings. The Morgan fingerprint density at radius 3 is 2.42 bits per heavy atom. The van der Waals surface area contributed by atoms with Crippen LogP contribution in [0.2, 0.25) is 0 Å². The van der Waals surface area contributed by atoms with Crippen LogP contribution in [0.25, 0.3) is 22.8 Å². The van der Waals surface area contributed by atoms with Gasteiger partial charge in [0.1, 0.15) is 0 Å². The normalized spacial score (nSPS) is 10.3. The Hall–Kier alpha value is -3.41. The number of carbonyl (C=O) groups excluding carboxylic acids is 2. The number of oxazole rings is 1. The van der Waals surface area contributed by atoms with E-state index in [1.165, 1.54) is 6.92 Å². The van der Waals surface area contributed by atoms with E-state index >= 15 is 0 Å². The number of aromatic nitrogens is 1. The minimum atomic E-state index is -0.245. The highest BCUT2D eigenvalue weighted by Gasteiger charge is 2.16. The van der Waals surface area contributed by atoms with Crippen molar-refractivity contribution in [3.63, 3.8) is 0 Å². The molecule has 0 aliphatic heterocycles. The Bertz CT molecular complexity index is 903. The summed E-state index contributed by atoms with van der Waals surface area (Å²) in [6.07, 6.45) is 1.65. The minimum Gasteiger partial charge on any atom is -0.436 e. The number of rotatable bonds is 6. The Morgan fingerprint density at radius 2 is 1.65 bits per heavy atom. The van der Waals surface area contributed by atoms with Gasteiger partial charge in [-0.05, 0) is 12.1 Å². The Kier molecular flexibility index (Phi) is 5.43. The number of nitrogens with one attached hydrogen (secondary N) is 2.